The molecule has 0 aliphatic heterocycles. The Kier molecular flexibility index (Phi) is 5.92. The molecule has 20 heavy (non-hydrogen) atoms. The predicted molar refractivity (Wildman–Crippen MR) is 80.7 cm³/mol. The lowest BCUT2D eigenvalue weighted by Gasteiger charge is -2.26. The number of carbonyl (C=O) groups is 1. The van der Waals surface area contributed by atoms with Crippen LogP contribution in [0.4, 0.5) is 0 Å². The van der Waals surface area contributed by atoms with E-state index < -0.39 is 12.0 Å². The third kappa shape index (κ3) is 4.00. The van der Waals surface area contributed by atoms with E-state index in [-0.39, 0.29) is 11.2 Å². The lowest BCUT2D eigenvalue weighted by Crippen LogP contribution is -2.36. The number of aliphatic hydroxyl groups is 1. The number of hydrogen-bond donors (Lipinski definition) is 1. The Balaban J connectivity index is 2.14. The molecule has 0 radical (unpaired) electrons. The molecule has 1 aliphatic rings. The van der Waals surface area contributed by atoms with Gasteiger partial charge >= 0.3 is 5.97 Å². The van der Waals surface area contributed by atoms with Gasteiger partial charge in [0.1, 0.15) is 0 Å². The van der Waals surface area contributed by atoms with Gasteiger partial charge in [0, 0.05) is 10.1 Å². The van der Waals surface area contributed by atoms with Crippen LogP contribution in [-0.4, -0.2) is 29.0 Å². The average Bonchev–Trinajstić information content (AvgIpc) is 2.62. The summed E-state index contributed by atoms with van der Waals surface area (Å²) in [6.07, 6.45) is 3.08. The third-order valence-electron chi connectivity index (χ3n) is 3.64. The highest BCUT2D eigenvalue weighted by Crippen LogP contribution is 2.37. The molecule has 0 unspecified atom stereocenters. The number of benzene rings is 1. The fourth-order valence-electron chi connectivity index (χ4n) is 2.66. The molecule has 4 heteroatoms. The first-order valence-corrected chi connectivity index (χ1v) is 8.16. The number of thioether (sulfide) groups is 1. The summed E-state index contributed by atoms with van der Waals surface area (Å²) in [5.41, 5.74) is 0. The van der Waals surface area contributed by atoms with Crippen molar-refractivity contribution < 1.29 is 14.6 Å². The summed E-state index contributed by atoms with van der Waals surface area (Å²) in [6.45, 7) is 2.17. The van der Waals surface area contributed by atoms with Gasteiger partial charge in [-0.3, -0.25) is 4.79 Å². The molecule has 1 aromatic carbocycles. The molecular formula is C16H22O3S. The maximum Gasteiger partial charge on any atom is 0.312 e. The van der Waals surface area contributed by atoms with Gasteiger partial charge in [0.2, 0.25) is 0 Å². The lowest BCUT2D eigenvalue weighted by atomic mass is 9.97. The Labute approximate surface area is 124 Å². The molecule has 0 saturated heterocycles. The second-order valence-corrected chi connectivity index (χ2v) is 6.41. The van der Waals surface area contributed by atoms with Gasteiger partial charge in [0.15, 0.2) is 0 Å². The second-order valence-electron chi connectivity index (χ2n) is 5.10. The summed E-state index contributed by atoms with van der Waals surface area (Å²) >= 11 is 1.68. The van der Waals surface area contributed by atoms with E-state index in [1.807, 2.05) is 30.3 Å². The van der Waals surface area contributed by atoms with E-state index in [9.17, 15) is 9.90 Å². The second kappa shape index (κ2) is 7.70. The Morgan fingerprint density at radius 3 is 2.70 bits per heavy atom. The van der Waals surface area contributed by atoms with Crippen LogP contribution >= 0.6 is 11.8 Å². The molecule has 1 N–H and O–H groups in total. The van der Waals surface area contributed by atoms with Gasteiger partial charge in [-0.05, 0) is 31.9 Å². The minimum atomic E-state index is -0.585. The van der Waals surface area contributed by atoms with E-state index in [0.717, 1.165) is 24.2 Å². The highest BCUT2D eigenvalue weighted by Gasteiger charge is 2.37. The van der Waals surface area contributed by atoms with Crippen LogP contribution in [0, 0.1) is 5.92 Å². The van der Waals surface area contributed by atoms with Crippen molar-refractivity contribution in [3.8, 4) is 0 Å². The molecule has 1 aliphatic carbocycles. The number of hydrogen-bond acceptors (Lipinski definition) is 4. The van der Waals surface area contributed by atoms with E-state index in [4.69, 9.17) is 4.74 Å². The first-order chi connectivity index (χ1) is 9.72. The molecule has 110 valence electrons. The minimum Gasteiger partial charge on any atom is -0.466 e. The van der Waals surface area contributed by atoms with Crippen molar-refractivity contribution in [1.82, 2.24) is 0 Å². The molecule has 3 nitrogen and oxygen atoms in total. The fraction of sp³-hybridized carbons (Fsp3) is 0.562. The van der Waals surface area contributed by atoms with Crippen LogP contribution in [0.15, 0.2) is 35.2 Å². The van der Waals surface area contributed by atoms with Crippen molar-refractivity contribution in [2.45, 2.75) is 48.9 Å². The van der Waals surface area contributed by atoms with Gasteiger partial charge in [-0.15, -0.1) is 11.8 Å². The SMILES string of the molecule is CCOC(=O)[C@@H]1[C@@H](Sc2ccccc2)CCCC[C@@H]1O. The monoisotopic (exact) mass is 294 g/mol. The molecule has 0 spiro atoms. The Morgan fingerprint density at radius 1 is 1.30 bits per heavy atom. The van der Waals surface area contributed by atoms with Crippen LogP contribution in [0.25, 0.3) is 0 Å². The largest absolute Gasteiger partial charge is 0.466 e. The maximum atomic E-state index is 12.2. The van der Waals surface area contributed by atoms with Crippen LogP contribution in [0.2, 0.25) is 0 Å². The third-order valence-corrected chi connectivity index (χ3v) is 5.02. The summed E-state index contributed by atoms with van der Waals surface area (Å²) in [4.78, 5) is 13.3. The van der Waals surface area contributed by atoms with Gasteiger partial charge in [0.25, 0.3) is 0 Å². The van der Waals surface area contributed by atoms with Gasteiger partial charge in [0.05, 0.1) is 18.6 Å². The predicted octanol–water partition coefficient (Wildman–Crippen LogP) is 3.26. The fourth-order valence-corrected chi connectivity index (χ4v) is 4.05. The molecule has 0 heterocycles. The van der Waals surface area contributed by atoms with Crippen LogP contribution in [0.1, 0.15) is 32.6 Å². The average molecular weight is 294 g/mol. The van der Waals surface area contributed by atoms with Crippen LogP contribution in [0.5, 0.6) is 0 Å². The number of carbonyl (C=O) groups excluding carboxylic acids is 1. The molecular weight excluding hydrogens is 272 g/mol. The first kappa shape index (κ1) is 15.4. The van der Waals surface area contributed by atoms with Crippen LogP contribution in [-0.2, 0) is 9.53 Å². The molecule has 1 fully saturated rings. The molecule has 0 bridgehead atoms. The molecule has 1 aromatic rings. The summed E-state index contributed by atoms with van der Waals surface area (Å²) < 4.78 is 5.16. The molecule has 0 aromatic heterocycles. The Bertz CT molecular complexity index is 421. The zero-order chi connectivity index (χ0) is 14.4. The van der Waals surface area contributed by atoms with Crippen molar-refractivity contribution in [3.05, 3.63) is 30.3 Å². The molecule has 1 saturated carbocycles. The summed E-state index contributed by atoms with van der Waals surface area (Å²) in [6, 6.07) is 10.1. The lowest BCUT2D eigenvalue weighted by molar-refractivity contribution is -0.151. The van der Waals surface area contributed by atoms with Crippen molar-refractivity contribution in [2.75, 3.05) is 6.61 Å². The normalized spacial score (nSPS) is 26.8. The Morgan fingerprint density at radius 2 is 2.00 bits per heavy atom. The van der Waals surface area contributed by atoms with Gasteiger partial charge in [-0.25, -0.2) is 0 Å². The van der Waals surface area contributed by atoms with Crippen molar-refractivity contribution in [3.63, 3.8) is 0 Å². The van der Waals surface area contributed by atoms with Gasteiger partial charge < -0.3 is 9.84 Å². The van der Waals surface area contributed by atoms with Gasteiger partial charge in [-0.2, -0.15) is 0 Å². The van der Waals surface area contributed by atoms with Crippen molar-refractivity contribution >= 4 is 17.7 Å². The Hall–Kier alpha value is -1.00. The minimum absolute atomic E-state index is 0.0916. The maximum absolute atomic E-state index is 12.2. The summed E-state index contributed by atoms with van der Waals surface area (Å²) in [5.74, 6) is -0.669. The van der Waals surface area contributed by atoms with Crippen LogP contribution in [0.3, 0.4) is 0 Å². The molecule has 0 amide bonds. The summed E-state index contributed by atoms with van der Waals surface area (Å²) in [7, 11) is 0. The number of rotatable bonds is 4. The molecule has 2 rings (SSSR count). The number of esters is 1. The van der Waals surface area contributed by atoms with Crippen LogP contribution < -0.4 is 0 Å². The topological polar surface area (TPSA) is 46.5 Å². The van der Waals surface area contributed by atoms with Crippen molar-refractivity contribution in [2.24, 2.45) is 5.92 Å². The zero-order valence-corrected chi connectivity index (χ0v) is 12.6. The molecule has 3 atom stereocenters. The summed E-state index contributed by atoms with van der Waals surface area (Å²) in [5, 5.41) is 10.4. The standard InChI is InChI=1S/C16H22O3S/c1-2-19-16(18)15-13(17)10-6-7-11-14(15)20-12-8-4-3-5-9-12/h3-5,8-9,13-15,17H,2,6-7,10-11H2,1H3/t13-,14-,15-/m0/s1. The van der Waals surface area contributed by atoms with E-state index in [0.29, 0.717) is 13.0 Å². The van der Waals surface area contributed by atoms with E-state index in [1.165, 1.54) is 0 Å². The van der Waals surface area contributed by atoms with Gasteiger partial charge in [-0.1, -0.05) is 31.0 Å². The quantitative estimate of drug-likeness (QED) is 0.684. The first-order valence-electron chi connectivity index (χ1n) is 7.28. The van der Waals surface area contributed by atoms with E-state index >= 15 is 0 Å². The highest BCUT2D eigenvalue weighted by molar-refractivity contribution is 8.00. The van der Waals surface area contributed by atoms with E-state index in [2.05, 4.69) is 0 Å². The smallest absolute Gasteiger partial charge is 0.312 e. The number of ether oxygens (including phenoxy) is 1. The number of aliphatic hydroxyl groups excluding tert-OH is 1. The zero-order valence-electron chi connectivity index (χ0n) is 11.8. The highest BCUT2D eigenvalue weighted by atomic mass is 32.2. The van der Waals surface area contributed by atoms with Crippen molar-refractivity contribution in [1.29, 1.82) is 0 Å². The van der Waals surface area contributed by atoms with E-state index in [1.54, 1.807) is 18.7 Å².